The van der Waals surface area contributed by atoms with Gasteiger partial charge in [-0.05, 0) is 20.3 Å². The van der Waals surface area contributed by atoms with E-state index in [2.05, 4.69) is 26.3 Å². The predicted octanol–water partition coefficient (Wildman–Crippen LogP) is 1.67. The second-order valence-electron chi connectivity index (χ2n) is 7.63. The van der Waals surface area contributed by atoms with Gasteiger partial charge in [-0.2, -0.15) is 0 Å². The first-order chi connectivity index (χ1) is 12.7. The number of rotatable bonds is 10. The van der Waals surface area contributed by atoms with Gasteiger partial charge >= 0.3 is 0 Å². The van der Waals surface area contributed by atoms with Crippen LogP contribution in [0.1, 0.15) is 26.7 Å². The molecule has 6 atom stereocenters. The Labute approximate surface area is 161 Å². The third-order valence-corrected chi connectivity index (χ3v) is 5.88. The zero-order valence-corrected chi connectivity index (χ0v) is 16.3. The molecule has 0 aromatic carbocycles. The van der Waals surface area contributed by atoms with Crippen molar-refractivity contribution in [1.82, 2.24) is 0 Å². The monoisotopic (exact) mass is 380 g/mol. The molecule has 1 aliphatic carbocycles. The summed E-state index contributed by atoms with van der Waals surface area (Å²) in [6, 6.07) is 0. The normalized spacial score (nSPS) is 42.5. The molecule has 1 heterocycles. The molecule has 0 aromatic heterocycles. The molecule has 1 saturated carbocycles. The van der Waals surface area contributed by atoms with E-state index < -0.39 is 40.7 Å². The first-order valence-corrected chi connectivity index (χ1v) is 9.14. The molecule has 6 nitrogen and oxygen atoms in total. The molecule has 0 aromatic rings. The molecule has 2 aliphatic rings. The van der Waals surface area contributed by atoms with Crippen molar-refractivity contribution < 1.29 is 29.5 Å². The summed E-state index contributed by atoms with van der Waals surface area (Å²) in [6.45, 7) is 18.9. The molecule has 1 spiro atoms. The van der Waals surface area contributed by atoms with E-state index in [0.717, 1.165) is 0 Å². The first-order valence-electron chi connectivity index (χ1n) is 9.14. The van der Waals surface area contributed by atoms with Gasteiger partial charge in [-0.25, -0.2) is 0 Å². The largest absolute Gasteiger partial charge is 0.387 e. The molecule has 6 heteroatoms. The topological polar surface area (TPSA) is 91.7 Å². The van der Waals surface area contributed by atoms with Gasteiger partial charge in [-0.3, -0.25) is 0 Å². The van der Waals surface area contributed by atoms with Crippen molar-refractivity contribution in [1.29, 1.82) is 0 Å². The molecule has 0 radical (unpaired) electrons. The lowest BCUT2D eigenvalue weighted by Crippen LogP contribution is -2.81. The number of hydrogen-bond donors (Lipinski definition) is 3. The highest BCUT2D eigenvalue weighted by Crippen LogP contribution is 2.67. The number of ether oxygens (including phenoxy) is 3. The van der Waals surface area contributed by atoms with Gasteiger partial charge in [-0.1, -0.05) is 24.3 Å². The second kappa shape index (κ2) is 7.62. The lowest BCUT2D eigenvalue weighted by atomic mass is 9.55. The van der Waals surface area contributed by atoms with Gasteiger partial charge in [0.15, 0.2) is 5.60 Å². The van der Waals surface area contributed by atoms with Crippen LogP contribution in [0.4, 0.5) is 0 Å². The Hall–Kier alpha value is -1.28. The van der Waals surface area contributed by atoms with Crippen LogP contribution in [-0.4, -0.2) is 69.2 Å². The average molecular weight is 380 g/mol. The summed E-state index contributed by atoms with van der Waals surface area (Å²) in [7, 11) is 0. The molecule has 0 amide bonds. The van der Waals surface area contributed by atoms with Gasteiger partial charge in [0.1, 0.15) is 29.5 Å². The molecule has 0 bridgehead atoms. The van der Waals surface area contributed by atoms with Gasteiger partial charge in [0.2, 0.25) is 0 Å². The maximum Gasteiger partial charge on any atom is 0.158 e. The maximum atomic E-state index is 11.1. The van der Waals surface area contributed by atoms with E-state index in [4.69, 9.17) is 14.2 Å². The minimum absolute atomic E-state index is 0.0978. The standard InChI is InChI=1S/C21H32O6/c1-7-11-19(25-13-9-3)16(23)15(22)17(24)21(18(5,6)27-21)20(19,12-8-2)26-14-10-4/h7-10,15-17,22-24H,1-4,11-14H2,5-6H3/t15-,16-,17+,19+,20+,21+/m1/s1. The van der Waals surface area contributed by atoms with Crippen LogP contribution < -0.4 is 0 Å². The van der Waals surface area contributed by atoms with Gasteiger partial charge in [-0.15, -0.1) is 26.3 Å². The lowest BCUT2D eigenvalue weighted by molar-refractivity contribution is -0.324. The predicted molar refractivity (Wildman–Crippen MR) is 103 cm³/mol. The lowest BCUT2D eigenvalue weighted by Gasteiger charge is -2.60. The third-order valence-electron chi connectivity index (χ3n) is 5.88. The van der Waals surface area contributed by atoms with Crippen molar-refractivity contribution in [2.24, 2.45) is 0 Å². The van der Waals surface area contributed by atoms with Crippen LogP contribution >= 0.6 is 0 Å². The highest BCUT2D eigenvalue weighted by atomic mass is 16.7. The number of hydrogen-bond acceptors (Lipinski definition) is 6. The zero-order chi connectivity index (χ0) is 20.5. The summed E-state index contributed by atoms with van der Waals surface area (Å²) in [5, 5.41) is 32.8. The molecule has 1 aliphatic heterocycles. The Morgan fingerprint density at radius 3 is 1.81 bits per heavy atom. The fourth-order valence-corrected chi connectivity index (χ4v) is 4.83. The van der Waals surface area contributed by atoms with E-state index in [-0.39, 0.29) is 26.1 Å². The van der Waals surface area contributed by atoms with Crippen molar-refractivity contribution in [3.05, 3.63) is 50.6 Å². The maximum absolute atomic E-state index is 11.1. The molecule has 1 saturated heterocycles. The van der Waals surface area contributed by atoms with Gasteiger partial charge < -0.3 is 29.5 Å². The number of aliphatic hydroxyl groups is 3. The summed E-state index contributed by atoms with van der Waals surface area (Å²) in [5.74, 6) is 0. The Morgan fingerprint density at radius 2 is 1.37 bits per heavy atom. The molecule has 0 unspecified atom stereocenters. The van der Waals surface area contributed by atoms with E-state index in [0.29, 0.717) is 0 Å². The quantitative estimate of drug-likeness (QED) is 0.394. The van der Waals surface area contributed by atoms with Crippen LogP contribution in [0.5, 0.6) is 0 Å². The highest BCUT2D eigenvalue weighted by molar-refractivity contribution is 5.37. The van der Waals surface area contributed by atoms with Crippen LogP contribution in [-0.2, 0) is 14.2 Å². The smallest absolute Gasteiger partial charge is 0.158 e. The van der Waals surface area contributed by atoms with Crippen molar-refractivity contribution >= 4 is 0 Å². The van der Waals surface area contributed by atoms with E-state index in [1.165, 1.54) is 0 Å². The SMILES string of the molecule is C=CCO[C@@]1(CC=C)[C@@](CC=C)(OCC=C)[C@H](O)[C@@H](O)[C@H](O)[C@@]12OC2(C)C. The van der Waals surface area contributed by atoms with Crippen molar-refractivity contribution in [3.8, 4) is 0 Å². The van der Waals surface area contributed by atoms with Crippen molar-refractivity contribution in [2.45, 2.75) is 67.4 Å². The fraction of sp³-hybridized carbons (Fsp3) is 0.619. The summed E-state index contributed by atoms with van der Waals surface area (Å²) in [5.41, 5.74) is -4.96. The Kier molecular flexibility index (Phi) is 6.21. The minimum Gasteiger partial charge on any atom is -0.387 e. The van der Waals surface area contributed by atoms with E-state index in [9.17, 15) is 15.3 Å². The zero-order valence-electron chi connectivity index (χ0n) is 16.3. The highest BCUT2D eigenvalue weighted by Gasteiger charge is 2.87. The Bertz CT molecular complexity index is 601. The summed E-state index contributed by atoms with van der Waals surface area (Å²) >= 11 is 0. The van der Waals surface area contributed by atoms with Crippen LogP contribution in [0.25, 0.3) is 0 Å². The van der Waals surface area contributed by atoms with Crippen LogP contribution in [0.3, 0.4) is 0 Å². The molecule has 3 N–H and O–H groups in total. The number of aliphatic hydroxyl groups excluding tert-OH is 3. The Morgan fingerprint density at radius 1 is 0.852 bits per heavy atom. The molecule has 2 rings (SSSR count). The Balaban J connectivity index is 2.81. The fourth-order valence-electron chi connectivity index (χ4n) is 4.83. The van der Waals surface area contributed by atoms with Crippen molar-refractivity contribution in [2.75, 3.05) is 13.2 Å². The van der Waals surface area contributed by atoms with Crippen LogP contribution in [0, 0.1) is 0 Å². The van der Waals surface area contributed by atoms with E-state index in [1.807, 2.05) is 13.8 Å². The summed E-state index contributed by atoms with van der Waals surface area (Å²) in [6.07, 6.45) is 2.36. The molecular weight excluding hydrogens is 348 g/mol. The molecule has 152 valence electrons. The van der Waals surface area contributed by atoms with Crippen LogP contribution in [0.15, 0.2) is 50.6 Å². The van der Waals surface area contributed by atoms with E-state index >= 15 is 0 Å². The van der Waals surface area contributed by atoms with Crippen molar-refractivity contribution in [3.63, 3.8) is 0 Å². The van der Waals surface area contributed by atoms with Gasteiger partial charge in [0.25, 0.3) is 0 Å². The third kappa shape index (κ3) is 2.78. The molecule has 27 heavy (non-hydrogen) atoms. The first kappa shape index (κ1) is 22.0. The van der Waals surface area contributed by atoms with Gasteiger partial charge in [0, 0.05) is 6.42 Å². The summed E-state index contributed by atoms with van der Waals surface area (Å²) < 4.78 is 18.4. The molecule has 2 fully saturated rings. The van der Waals surface area contributed by atoms with E-state index in [1.54, 1.807) is 24.3 Å². The van der Waals surface area contributed by atoms with Crippen LogP contribution in [0.2, 0.25) is 0 Å². The van der Waals surface area contributed by atoms with Gasteiger partial charge in [0.05, 0.1) is 18.8 Å². The number of epoxide rings is 1. The minimum atomic E-state index is -1.50. The summed E-state index contributed by atoms with van der Waals surface area (Å²) in [4.78, 5) is 0. The molecular formula is C21H32O6. The second-order valence-corrected chi connectivity index (χ2v) is 7.63. The average Bonchev–Trinajstić information content (AvgIpc) is 3.23.